The Kier molecular flexibility index (Phi) is 3.59. The zero-order valence-corrected chi connectivity index (χ0v) is 12.5. The third-order valence-electron chi connectivity index (χ3n) is 3.08. The monoisotopic (exact) mass is 319 g/mol. The fraction of sp³-hybridized carbons (Fsp3) is 0.231. The normalized spacial score (nSPS) is 11.9. The van der Waals surface area contributed by atoms with Crippen LogP contribution in [0.5, 0.6) is 0 Å². The summed E-state index contributed by atoms with van der Waals surface area (Å²) < 4.78 is 24.6. The highest BCUT2D eigenvalue weighted by molar-refractivity contribution is 7.90. The molecule has 1 N–H and O–H groups in total. The Bertz CT molecular complexity index is 919. The van der Waals surface area contributed by atoms with Gasteiger partial charge in [-0.25, -0.2) is 13.4 Å². The number of aromatic nitrogens is 5. The molecule has 9 heteroatoms. The predicted molar refractivity (Wildman–Crippen MR) is 78.4 cm³/mol. The Morgan fingerprint density at radius 1 is 1.23 bits per heavy atom. The van der Waals surface area contributed by atoms with Crippen LogP contribution in [0, 0.1) is 0 Å². The van der Waals surface area contributed by atoms with Crippen molar-refractivity contribution < 1.29 is 13.5 Å². The molecule has 0 atom stereocenters. The van der Waals surface area contributed by atoms with Crippen LogP contribution in [0.15, 0.2) is 35.6 Å². The number of nitrogens with zero attached hydrogens (tertiary/aromatic N) is 5. The molecular formula is C13H13N5O3S. The van der Waals surface area contributed by atoms with Gasteiger partial charge in [0.15, 0.2) is 11.2 Å². The van der Waals surface area contributed by atoms with Gasteiger partial charge in [0.2, 0.25) is 15.0 Å². The van der Waals surface area contributed by atoms with E-state index >= 15 is 0 Å². The zero-order chi connectivity index (χ0) is 15.7. The van der Waals surface area contributed by atoms with Gasteiger partial charge in [-0.3, -0.25) is 0 Å². The molecule has 0 saturated carbocycles. The molecule has 0 aliphatic rings. The molecule has 3 aromatic rings. The van der Waals surface area contributed by atoms with E-state index in [1.54, 1.807) is 12.1 Å². The van der Waals surface area contributed by atoms with Crippen LogP contribution in [0.25, 0.3) is 16.9 Å². The lowest BCUT2D eigenvalue weighted by Crippen LogP contribution is -2.05. The minimum absolute atomic E-state index is 0.0799. The average molecular weight is 319 g/mol. The maximum atomic E-state index is 11.6. The molecule has 0 spiro atoms. The van der Waals surface area contributed by atoms with Crippen molar-refractivity contribution in [1.29, 1.82) is 0 Å². The van der Waals surface area contributed by atoms with E-state index in [2.05, 4.69) is 20.3 Å². The number of aliphatic hydroxyl groups is 1. The molecule has 0 radical (unpaired) electrons. The van der Waals surface area contributed by atoms with E-state index in [4.69, 9.17) is 5.11 Å². The highest BCUT2D eigenvalue weighted by Gasteiger charge is 2.15. The summed E-state index contributed by atoms with van der Waals surface area (Å²) in [6.07, 6.45) is 2.95. The van der Waals surface area contributed by atoms with E-state index in [-0.39, 0.29) is 11.8 Å². The summed E-state index contributed by atoms with van der Waals surface area (Å²) >= 11 is 0. The average Bonchev–Trinajstić information content (AvgIpc) is 2.90. The maximum Gasteiger partial charge on any atom is 0.248 e. The van der Waals surface area contributed by atoms with Crippen LogP contribution in [-0.2, 0) is 16.3 Å². The number of benzene rings is 1. The Balaban J connectivity index is 2.10. The van der Waals surface area contributed by atoms with E-state index in [0.717, 1.165) is 11.8 Å². The second kappa shape index (κ2) is 5.43. The highest BCUT2D eigenvalue weighted by Crippen LogP contribution is 2.16. The van der Waals surface area contributed by atoms with E-state index in [1.807, 2.05) is 12.1 Å². The first-order valence-corrected chi connectivity index (χ1v) is 8.37. The molecule has 8 nitrogen and oxygen atoms in total. The summed E-state index contributed by atoms with van der Waals surface area (Å²) in [7, 11) is -3.50. The van der Waals surface area contributed by atoms with Gasteiger partial charge in [0.05, 0.1) is 11.9 Å². The number of hydrogen-bond acceptors (Lipinski definition) is 7. The molecule has 0 saturated heterocycles. The van der Waals surface area contributed by atoms with Gasteiger partial charge in [-0.05, 0) is 24.1 Å². The first-order chi connectivity index (χ1) is 10.5. The molecule has 3 rings (SSSR count). The minimum atomic E-state index is -3.50. The van der Waals surface area contributed by atoms with Crippen molar-refractivity contribution >= 4 is 21.0 Å². The van der Waals surface area contributed by atoms with Crippen LogP contribution < -0.4 is 0 Å². The third kappa shape index (κ3) is 2.68. The number of rotatable bonds is 4. The van der Waals surface area contributed by atoms with Gasteiger partial charge in [0, 0.05) is 12.9 Å². The molecule has 0 fully saturated rings. The third-order valence-corrected chi connectivity index (χ3v) is 3.94. The maximum absolute atomic E-state index is 11.6. The van der Waals surface area contributed by atoms with Crippen molar-refractivity contribution in [3.05, 3.63) is 36.0 Å². The van der Waals surface area contributed by atoms with E-state index in [0.29, 0.717) is 23.3 Å². The molecule has 0 aliphatic carbocycles. The summed E-state index contributed by atoms with van der Waals surface area (Å²) in [6, 6.07) is 7.33. The Hall–Kier alpha value is -2.39. The Morgan fingerprint density at radius 2 is 1.95 bits per heavy atom. The van der Waals surface area contributed by atoms with Crippen molar-refractivity contribution in [2.45, 2.75) is 11.6 Å². The van der Waals surface area contributed by atoms with Crippen molar-refractivity contribution in [1.82, 2.24) is 25.0 Å². The van der Waals surface area contributed by atoms with Crippen molar-refractivity contribution in [2.75, 3.05) is 12.9 Å². The van der Waals surface area contributed by atoms with Crippen molar-refractivity contribution in [3.8, 4) is 5.69 Å². The summed E-state index contributed by atoms with van der Waals surface area (Å²) in [5, 5.41) is 16.6. The summed E-state index contributed by atoms with van der Waals surface area (Å²) in [5.41, 5.74) is 2.42. The predicted octanol–water partition coefficient (Wildman–Crippen LogP) is 0.149. The largest absolute Gasteiger partial charge is 0.396 e. The molecule has 0 aliphatic heterocycles. The summed E-state index contributed by atoms with van der Waals surface area (Å²) in [4.78, 5) is 7.82. The molecule has 0 unspecified atom stereocenters. The standard InChI is InChI=1S/C13H13N5O3S/c1-22(20,21)13-14-8-11-12(15-13)18(17-16-11)10-4-2-9(3-5-10)6-7-19/h2-5,8,19H,6-7H2,1H3. The van der Waals surface area contributed by atoms with Gasteiger partial charge in [-0.2, -0.15) is 9.67 Å². The van der Waals surface area contributed by atoms with Crippen molar-refractivity contribution in [3.63, 3.8) is 0 Å². The molecule has 0 bridgehead atoms. The number of aliphatic hydroxyl groups excluding tert-OH is 1. The highest BCUT2D eigenvalue weighted by atomic mass is 32.2. The van der Waals surface area contributed by atoms with Crippen molar-refractivity contribution in [2.24, 2.45) is 0 Å². The zero-order valence-electron chi connectivity index (χ0n) is 11.7. The van der Waals surface area contributed by atoms with E-state index < -0.39 is 9.84 Å². The van der Waals surface area contributed by atoms with Gasteiger partial charge in [0.1, 0.15) is 0 Å². The fourth-order valence-corrected chi connectivity index (χ4v) is 2.49. The van der Waals surface area contributed by atoms with Crippen LogP contribution in [-0.4, -0.2) is 51.3 Å². The Morgan fingerprint density at radius 3 is 2.59 bits per heavy atom. The fourth-order valence-electron chi connectivity index (χ4n) is 2.00. The second-order valence-corrected chi connectivity index (χ2v) is 6.68. The SMILES string of the molecule is CS(=O)(=O)c1ncc2nnn(-c3ccc(CCO)cc3)c2n1. The summed E-state index contributed by atoms with van der Waals surface area (Å²) in [6.45, 7) is 0.0799. The smallest absolute Gasteiger partial charge is 0.248 e. The molecule has 114 valence electrons. The second-order valence-electron chi connectivity index (χ2n) is 4.77. The lowest BCUT2D eigenvalue weighted by atomic mass is 10.1. The lowest BCUT2D eigenvalue weighted by Gasteiger charge is -2.04. The molecule has 0 amide bonds. The quantitative estimate of drug-likeness (QED) is 0.681. The number of hydrogen-bond donors (Lipinski definition) is 1. The minimum Gasteiger partial charge on any atom is -0.396 e. The van der Waals surface area contributed by atoms with Gasteiger partial charge in [-0.15, -0.1) is 5.10 Å². The van der Waals surface area contributed by atoms with Crippen LogP contribution in [0.1, 0.15) is 5.56 Å². The molecule has 2 aromatic heterocycles. The first kappa shape index (κ1) is 14.5. The molecular weight excluding hydrogens is 306 g/mol. The number of fused-ring (bicyclic) bond motifs is 1. The molecule has 1 aromatic carbocycles. The van der Waals surface area contributed by atoms with Crippen LogP contribution in [0.4, 0.5) is 0 Å². The topological polar surface area (TPSA) is 111 Å². The van der Waals surface area contributed by atoms with Gasteiger partial charge in [0.25, 0.3) is 0 Å². The van der Waals surface area contributed by atoms with E-state index in [1.165, 1.54) is 10.9 Å². The van der Waals surface area contributed by atoms with Crippen LogP contribution in [0.2, 0.25) is 0 Å². The molecule has 2 heterocycles. The number of sulfone groups is 1. The van der Waals surface area contributed by atoms with E-state index in [9.17, 15) is 8.42 Å². The molecule has 22 heavy (non-hydrogen) atoms. The van der Waals surface area contributed by atoms with Crippen LogP contribution in [0.3, 0.4) is 0 Å². The van der Waals surface area contributed by atoms with Crippen LogP contribution >= 0.6 is 0 Å². The van der Waals surface area contributed by atoms with Gasteiger partial charge < -0.3 is 5.11 Å². The summed E-state index contributed by atoms with van der Waals surface area (Å²) in [5.74, 6) is 0. The van der Waals surface area contributed by atoms with Gasteiger partial charge >= 0.3 is 0 Å². The lowest BCUT2D eigenvalue weighted by molar-refractivity contribution is 0.299. The Labute approximate surface area is 126 Å². The first-order valence-electron chi connectivity index (χ1n) is 6.48. The van der Waals surface area contributed by atoms with Gasteiger partial charge in [-0.1, -0.05) is 17.3 Å².